The van der Waals surface area contributed by atoms with Crippen LogP contribution in [-0.4, -0.2) is 11.0 Å². The second-order valence-corrected chi connectivity index (χ2v) is 11.0. The molecule has 3 heterocycles. The van der Waals surface area contributed by atoms with E-state index in [1.54, 1.807) is 0 Å². The van der Waals surface area contributed by atoms with Crippen LogP contribution in [0.15, 0.2) is 140 Å². The van der Waals surface area contributed by atoms with E-state index in [1.165, 1.54) is 66.4 Å². The largest absolute Gasteiger partial charge is 0.374 e. The second kappa shape index (κ2) is 10.5. The molecule has 0 bridgehead atoms. The summed E-state index contributed by atoms with van der Waals surface area (Å²) in [5.74, 6) is 0. The number of fused-ring (bicyclic) bond motifs is 9. The van der Waals surface area contributed by atoms with Gasteiger partial charge in [0.05, 0.1) is 17.2 Å². The summed E-state index contributed by atoms with van der Waals surface area (Å²) in [6.45, 7) is 10.0. The van der Waals surface area contributed by atoms with E-state index in [4.69, 9.17) is 0 Å². The Morgan fingerprint density at radius 2 is 1.45 bits per heavy atom. The monoisotopic (exact) mass is 542 g/mol. The van der Waals surface area contributed by atoms with Gasteiger partial charge in [0.2, 0.25) is 11.0 Å². The number of para-hydroxylation sites is 3. The summed E-state index contributed by atoms with van der Waals surface area (Å²) in [5.41, 5.74) is 12.4. The van der Waals surface area contributed by atoms with Crippen molar-refractivity contribution in [1.29, 1.82) is 0 Å². The van der Waals surface area contributed by atoms with Gasteiger partial charge < -0.3 is 10.3 Å². The lowest BCUT2D eigenvalue weighted by molar-refractivity contribution is -0.397. The van der Waals surface area contributed by atoms with Gasteiger partial charge in [-0.15, -0.1) is 0 Å². The maximum Gasteiger partial charge on any atom is 0.212 e. The molecule has 0 saturated carbocycles. The van der Waals surface area contributed by atoms with Crippen LogP contribution in [0.1, 0.15) is 11.1 Å². The molecular formula is C39H32N3+. The first-order valence-electron chi connectivity index (χ1n) is 14.3. The van der Waals surface area contributed by atoms with Crippen LogP contribution in [0.4, 0.5) is 11.4 Å². The Kier molecular flexibility index (Phi) is 6.41. The summed E-state index contributed by atoms with van der Waals surface area (Å²) in [4.78, 5) is 6.78. The maximum absolute atomic E-state index is 3.96. The molecule has 3 heteroatoms. The number of hydrogen-bond acceptors (Lipinski definition) is 1. The first-order chi connectivity index (χ1) is 20.5. The highest BCUT2D eigenvalue weighted by Gasteiger charge is 2.25. The number of aromatic amines is 1. The fraction of sp³-hybridized carbons (Fsp3) is 0.0513. The molecule has 202 valence electrons. The van der Waals surface area contributed by atoms with Crippen LogP contribution in [0, 0.1) is 6.92 Å². The first-order valence-corrected chi connectivity index (χ1v) is 14.3. The zero-order valence-corrected chi connectivity index (χ0v) is 23.6. The van der Waals surface area contributed by atoms with Crippen LogP contribution in [0.2, 0.25) is 0 Å². The number of hydrogen-bond donors (Lipinski definition) is 3. The van der Waals surface area contributed by atoms with E-state index in [9.17, 15) is 0 Å². The van der Waals surface area contributed by atoms with Gasteiger partial charge in [-0.05, 0) is 71.8 Å². The van der Waals surface area contributed by atoms with Crippen LogP contribution in [0.25, 0.3) is 45.1 Å². The van der Waals surface area contributed by atoms with E-state index in [-0.39, 0.29) is 0 Å². The van der Waals surface area contributed by atoms with Gasteiger partial charge in [-0.25, -0.2) is 4.99 Å². The number of anilines is 1. The molecule has 42 heavy (non-hydrogen) atoms. The summed E-state index contributed by atoms with van der Waals surface area (Å²) in [7, 11) is 0. The summed E-state index contributed by atoms with van der Waals surface area (Å²) < 4.78 is 0. The van der Waals surface area contributed by atoms with Crippen molar-refractivity contribution in [2.24, 2.45) is 0 Å². The lowest BCUT2D eigenvalue weighted by atomic mass is 9.95. The Labute approximate surface area is 245 Å². The molecule has 1 unspecified atom stereocenters. The van der Waals surface area contributed by atoms with Crippen molar-refractivity contribution in [3.63, 3.8) is 0 Å². The predicted molar refractivity (Wildman–Crippen MR) is 177 cm³/mol. The fourth-order valence-electron chi connectivity index (χ4n) is 5.92. The zero-order valence-electron chi connectivity index (χ0n) is 23.6. The maximum atomic E-state index is 3.96. The Morgan fingerprint density at radius 1 is 0.690 bits per heavy atom. The van der Waals surface area contributed by atoms with Gasteiger partial charge in [-0.2, -0.15) is 0 Å². The molecule has 1 aliphatic carbocycles. The van der Waals surface area contributed by atoms with E-state index in [0.717, 1.165) is 10.8 Å². The fourth-order valence-corrected chi connectivity index (χ4v) is 5.92. The molecule has 2 aliphatic heterocycles. The molecule has 0 radical (unpaired) electrons. The molecular weight excluding hydrogens is 510 g/mol. The van der Waals surface area contributed by atoms with Gasteiger partial charge in [-0.3, -0.25) is 0 Å². The molecule has 9 rings (SSSR count). The summed E-state index contributed by atoms with van der Waals surface area (Å²) >= 11 is 0. The minimum Gasteiger partial charge on any atom is -0.374 e. The molecule has 3 N–H and O–H groups in total. The number of allylic oxidation sites excluding steroid dienone is 3. The van der Waals surface area contributed by atoms with Crippen molar-refractivity contribution in [3.05, 3.63) is 161 Å². The highest BCUT2D eigenvalue weighted by atomic mass is 14.9. The number of aryl methyl sites for hydroxylation is 1. The van der Waals surface area contributed by atoms with Crippen molar-refractivity contribution < 1.29 is 4.99 Å². The second-order valence-electron chi connectivity index (χ2n) is 11.0. The predicted octanol–water partition coefficient (Wildman–Crippen LogP) is 6.73. The summed E-state index contributed by atoms with van der Waals surface area (Å²) in [5, 5.41) is 8.33. The van der Waals surface area contributed by atoms with E-state index >= 15 is 0 Å². The third kappa shape index (κ3) is 4.76. The molecule has 5 aromatic carbocycles. The molecule has 0 spiro atoms. The van der Waals surface area contributed by atoms with Gasteiger partial charge in [-0.1, -0.05) is 85.5 Å². The third-order valence-electron chi connectivity index (χ3n) is 7.96. The molecule has 1 atom stereocenters. The summed E-state index contributed by atoms with van der Waals surface area (Å²) in [6, 6.07) is 38.2. The standard InChI is InChI=1S/2C13H11N.C13H9N/c3*1-9-6-7-13-11(8-9)10-4-2-3-5-12(10)14-13/h2-8,14H,1H3;2-8,13-14H,1H2;2-8H,1H2/p+1. The molecule has 6 aromatic rings. The van der Waals surface area contributed by atoms with Gasteiger partial charge in [0.25, 0.3) is 0 Å². The average molecular weight is 543 g/mol. The van der Waals surface area contributed by atoms with Gasteiger partial charge in [0.15, 0.2) is 0 Å². The normalized spacial score (nSPS) is 15.1. The number of rotatable bonds is 0. The van der Waals surface area contributed by atoms with Gasteiger partial charge in [0, 0.05) is 45.2 Å². The van der Waals surface area contributed by atoms with Crippen LogP contribution < -0.4 is 20.9 Å². The number of benzene rings is 5. The summed E-state index contributed by atoms with van der Waals surface area (Å²) in [6.07, 6.45) is 6.38. The molecule has 0 saturated heterocycles. The van der Waals surface area contributed by atoms with Crippen molar-refractivity contribution in [1.82, 2.24) is 4.98 Å². The van der Waals surface area contributed by atoms with E-state index in [0.29, 0.717) is 6.04 Å². The van der Waals surface area contributed by atoms with E-state index in [2.05, 4.69) is 151 Å². The van der Waals surface area contributed by atoms with Crippen LogP contribution in [0.5, 0.6) is 0 Å². The lowest BCUT2D eigenvalue weighted by Crippen LogP contribution is -2.68. The number of H-pyrrole nitrogens is 1. The Hall–Kier alpha value is -5.41. The van der Waals surface area contributed by atoms with Crippen LogP contribution >= 0.6 is 0 Å². The lowest BCUT2D eigenvalue weighted by Gasteiger charge is -2.12. The van der Waals surface area contributed by atoms with Crippen molar-refractivity contribution in [2.45, 2.75) is 13.0 Å². The molecule has 3 aliphatic rings. The smallest absolute Gasteiger partial charge is 0.212 e. The van der Waals surface area contributed by atoms with Crippen molar-refractivity contribution in [2.75, 3.05) is 5.32 Å². The third-order valence-corrected chi connectivity index (χ3v) is 7.96. The molecule has 0 amide bonds. The Morgan fingerprint density at radius 3 is 2.36 bits per heavy atom. The highest BCUT2D eigenvalue weighted by Crippen LogP contribution is 2.38. The van der Waals surface area contributed by atoms with Crippen molar-refractivity contribution >= 4 is 45.3 Å². The van der Waals surface area contributed by atoms with E-state index in [1.807, 2.05) is 12.1 Å². The topological polar surface area (TPSA) is 41.8 Å². The Bertz CT molecular complexity index is 2180. The Balaban J connectivity index is 0.000000103. The number of nitrogens with one attached hydrogen (secondary N) is 3. The minimum atomic E-state index is 0.345. The minimum absolute atomic E-state index is 0.345. The van der Waals surface area contributed by atoms with Crippen LogP contribution in [0.3, 0.4) is 0 Å². The quantitative estimate of drug-likeness (QED) is 0.195. The molecule has 3 nitrogen and oxygen atoms in total. The highest BCUT2D eigenvalue weighted by molar-refractivity contribution is 6.07. The van der Waals surface area contributed by atoms with E-state index < -0.39 is 0 Å². The van der Waals surface area contributed by atoms with Gasteiger partial charge >= 0.3 is 0 Å². The number of aromatic nitrogens is 1. The average Bonchev–Trinajstić information content (AvgIpc) is 3.69. The molecule has 1 aromatic heterocycles. The van der Waals surface area contributed by atoms with Crippen LogP contribution in [-0.2, 0) is 0 Å². The van der Waals surface area contributed by atoms with Crippen molar-refractivity contribution in [3.8, 4) is 11.1 Å². The zero-order chi connectivity index (χ0) is 28.6. The SMILES string of the molecule is C=C1C=CC2Nc3ccccc3C2=C1.C=c1ccc2c(c1)-c1ccccc1[NH+]=2.Cc1ccc2[nH]c3ccccc3c2c1. The first kappa shape index (κ1) is 25.6. The molecule has 0 fully saturated rings. The van der Waals surface area contributed by atoms with Gasteiger partial charge in [0.1, 0.15) is 0 Å².